The Bertz CT molecular complexity index is 236. The Morgan fingerprint density at radius 2 is 1.81 bits per heavy atom. The van der Waals surface area contributed by atoms with Crippen LogP contribution in [-0.2, 0) is 9.53 Å². The summed E-state index contributed by atoms with van der Waals surface area (Å²) in [5, 5.41) is 0. The molecule has 2 fully saturated rings. The molecular formula is C13H23NO2. The average Bonchev–Trinajstić information content (AvgIpc) is 2.75. The van der Waals surface area contributed by atoms with E-state index in [0.717, 1.165) is 13.1 Å². The molecule has 0 unspecified atom stereocenters. The van der Waals surface area contributed by atoms with Crippen molar-refractivity contribution in [3.05, 3.63) is 0 Å². The predicted octanol–water partition coefficient (Wildman–Crippen LogP) is 2.21. The third-order valence-electron chi connectivity index (χ3n) is 4.36. The minimum Gasteiger partial charge on any atom is -0.384 e. The van der Waals surface area contributed by atoms with Crippen molar-refractivity contribution < 1.29 is 9.53 Å². The zero-order chi connectivity index (χ0) is 11.4. The number of carbonyl (C=O) groups excluding carboxylic acids is 1. The highest BCUT2D eigenvalue weighted by Crippen LogP contribution is 2.46. The number of methoxy groups -OCH3 is 1. The van der Waals surface area contributed by atoms with Gasteiger partial charge >= 0.3 is 0 Å². The molecule has 0 radical (unpaired) electrons. The number of likely N-dealkylation sites (tertiary alicyclic amines) is 1. The highest BCUT2D eigenvalue weighted by atomic mass is 16.5. The van der Waals surface area contributed by atoms with Crippen LogP contribution in [-0.4, -0.2) is 37.6 Å². The second-order valence-electron chi connectivity index (χ2n) is 5.33. The molecule has 2 rings (SSSR count). The smallest absolute Gasteiger partial charge is 0.224 e. The van der Waals surface area contributed by atoms with Crippen molar-refractivity contribution in [3.8, 4) is 0 Å². The quantitative estimate of drug-likeness (QED) is 0.737. The molecule has 1 saturated carbocycles. The molecule has 16 heavy (non-hydrogen) atoms. The first-order chi connectivity index (χ1) is 7.76. The minimum atomic E-state index is 0.273. The highest BCUT2D eigenvalue weighted by Gasteiger charge is 2.37. The Labute approximate surface area is 98.1 Å². The number of hydrogen-bond acceptors (Lipinski definition) is 2. The van der Waals surface area contributed by atoms with Gasteiger partial charge in [-0.25, -0.2) is 0 Å². The van der Waals surface area contributed by atoms with Crippen LogP contribution in [0, 0.1) is 5.41 Å². The molecule has 2 aliphatic rings. The van der Waals surface area contributed by atoms with Crippen molar-refractivity contribution in [2.75, 3.05) is 26.8 Å². The summed E-state index contributed by atoms with van der Waals surface area (Å²) in [5.41, 5.74) is 0.609. The van der Waals surface area contributed by atoms with Gasteiger partial charge in [-0.1, -0.05) is 12.8 Å². The Hall–Kier alpha value is -0.570. The fraction of sp³-hybridized carbons (Fsp3) is 0.923. The molecule has 92 valence electrons. The van der Waals surface area contributed by atoms with Crippen molar-refractivity contribution in [1.82, 2.24) is 4.90 Å². The molecular weight excluding hydrogens is 202 g/mol. The number of hydrogen-bond donors (Lipinski definition) is 0. The maximum atomic E-state index is 11.8. The van der Waals surface area contributed by atoms with Crippen molar-refractivity contribution in [2.24, 2.45) is 5.41 Å². The third-order valence-corrected chi connectivity index (χ3v) is 4.36. The van der Waals surface area contributed by atoms with Crippen molar-refractivity contribution in [1.29, 1.82) is 0 Å². The first kappa shape index (κ1) is 11.9. The molecule has 1 aliphatic heterocycles. The molecule has 1 amide bonds. The molecule has 0 aromatic rings. The Morgan fingerprint density at radius 3 is 2.38 bits per heavy atom. The van der Waals surface area contributed by atoms with E-state index in [2.05, 4.69) is 0 Å². The largest absolute Gasteiger partial charge is 0.384 e. The monoisotopic (exact) mass is 225 g/mol. The summed E-state index contributed by atoms with van der Waals surface area (Å²) in [5.74, 6) is 0.273. The van der Waals surface area contributed by atoms with Gasteiger partial charge in [0.15, 0.2) is 0 Å². The van der Waals surface area contributed by atoms with Crippen LogP contribution in [0.1, 0.15) is 44.9 Å². The molecule has 0 aromatic heterocycles. The van der Waals surface area contributed by atoms with Crippen LogP contribution >= 0.6 is 0 Å². The highest BCUT2D eigenvalue weighted by molar-refractivity contribution is 5.76. The fourth-order valence-electron chi connectivity index (χ4n) is 3.20. The predicted molar refractivity (Wildman–Crippen MR) is 63.2 cm³/mol. The van der Waals surface area contributed by atoms with Gasteiger partial charge in [0.1, 0.15) is 0 Å². The van der Waals surface area contributed by atoms with Crippen molar-refractivity contribution in [2.45, 2.75) is 44.9 Å². The molecule has 0 N–H and O–H groups in total. The summed E-state index contributed by atoms with van der Waals surface area (Å²) >= 11 is 0. The lowest BCUT2D eigenvalue weighted by Crippen LogP contribution is -2.42. The van der Waals surface area contributed by atoms with Crippen LogP contribution in [0.5, 0.6) is 0 Å². The lowest BCUT2D eigenvalue weighted by atomic mass is 9.77. The summed E-state index contributed by atoms with van der Waals surface area (Å²) in [7, 11) is 1.65. The maximum Gasteiger partial charge on any atom is 0.224 e. The van der Waals surface area contributed by atoms with Gasteiger partial charge in [-0.05, 0) is 31.1 Å². The Morgan fingerprint density at radius 1 is 1.19 bits per heavy atom. The normalized spacial score (nSPS) is 23.9. The van der Waals surface area contributed by atoms with Gasteiger partial charge in [0.05, 0.1) is 13.0 Å². The van der Waals surface area contributed by atoms with Crippen LogP contribution in [0.25, 0.3) is 0 Å². The van der Waals surface area contributed by atoms with Gasteiger partial charge in [0.25, 0.3) is 0 Å². The second kappa shape index (κ2) is 5.17. The van der Waals surface area contributed by atoms with E-state index in [-0.39, 0.29) is 5.91 Å². The number of piperidine rings is 1. The van der Waals surface area contributed by atoms with E-state index in [4.69, 9.17) is 4.74 Å². The number of ether oxygens (including phenoxy) is 1. The van der Waals surface area contributed by atoms with Crippen LogP contribution < -0.4 is 0 Å². The minimum absolute atomic E-state index is 0.273. The second-order valence-corrected chi connectivity index (χ2v) is 5.33. The SMILES string of the molecule is COCCC(=O)N1CCC2(CCCC2)CC1. The van der Waals surface area contributed by atoms with Crippen LogP contribution in [0.2, 0.25) is 0 Å². The van der Waals surface area contributed by atoms with E-state index < -0.39 is 0 Å². The van der Waals surface area contributed by atoms with E-state index in [1.54, 1.807) is 7.11 Å². The van der Waals surface area contributed by atoms with Gasteiger partial charge in [-0.15, -0.1) is 0 Å². The van der Waals surface area contributed by atoms with Crippen molar-refractivity contribution in [3.63, 3.8) is 0 Å². The molecule has 1 heterocycles. The summed E-state index contributed by atoms with van der Waals surface area (Å²) in [4.78, 5) is 13.8. The molecule has 3 heteroatoms. The number of amides is 1. The first-order valence-electron chi connectivity index (χ1n) is 6.52. The van der Waals surface area contributed by atoms with E-state index >= 15 is 0 Å². The van der Waals surface area contributed by atoms with Crippen LogP contribution in [0.3, 0.4) is 0 Å². The lowest BCUT2D eigenvalue weighted by molar-refractivity contribution is -0.134. The third kappa shape index (κ3) is 2.57. The summed E-state index contributed by atoms with van der Waals surface area (Å²) < 4.78 is 4.95. The van der Waals surface area contributed by atoms with Gasteiger partial charge in [-0.2, -0.15) is 0 Å². The van der Waals surface area contributed by atoms with E-state index in [0.29, 0.717) is 18.4 Å². The molecule has 1 saturated heterocycles. The van der Waals surface area contributed by atoms with E-state index in [9.17, 15) is 4.79 Å². The zero-order valence-electron chi connectivity index (χ0n) is 10.3. The summed E-state index contributed by atoms with van der Waals surface area (Å²) in [6.07, 6.45) is 8.59. The molecule has 3 nitrogen and oxygen atoms in total. The van der Waals surface area contributed by atoms with Gasteiger partial charge < -0.3 is 9.64 Å². The Balaban J connectivity index is 1.78. The maximum absolute atomic E-state index is 11.8. The first-order valence-corrected chi connectivity index (χ1v) is 6.52. The van der Waals surface area contributed by atoms with Crippen LogP contribution in [0.4, 0.5) is 0 Å². The average molecular weight is 225 g/mol. The summed E-state index contributed by atoms with van der Waals surface area (Å²) in [6, 6.07) is 0. The van der Waals surface area contributed by atoms with Crippen molar-refractivity contribution >= 4 is 5.91 Å². The molecule has 0 bridgehead atoms. The fourth-order valence-corrected chi connectivity index (χ4v) is 3.20. The number of rotatable bonds is 3. The Kier molecular flexibility index (Phi) is 3.85. The molecule has 0 atom stereocenters. The molecule has 1 spiro atoms. The number of carbonyl (C=O) groups is 1. The number of nitrogens with zero attached hydrogens (tertiary/aromatic N) is 1. The summed E-state index contributed by atoms with van der Waals surface area (Å²) in [6.45, 7) is 2.51. The topological polar surface area (TPSA) is 29.5 Å². The lowest BCUT2D eigenvalue weighted by Gasteiger charge is -2.39. The standard InChI is InChI=1S/C13H23NO2/c1-16-11-4-12(15)14-9-7-13(8-10-14)5-2-3-6-13/h2-11H2,1H3. The zero-order valence-corrected chi connectivity index (χ0v) is 10.3. The molecule has 0 aromatic carbocycles. The van der Waals surface area contributed by atoms with Crippen LogP contribution in [0.15, 0.2) is 0 Å². The van der Waals surface area contributed by atoms with E-state index in [1.165, 1.54) is 38.5 Å². The molecule has 1 aliphatic carbocycles. The van der Waals surface area contributed by atoms with Gasteiger partial charge in [0, 0.05) is 20.2 Å². The van der Waals surface area contributed by atoms with E-state index in [1.807, 2.05) is 4.90 Å². The van der Waals surface area contributed by atoms with Gasteiger partial charge in [-0.3, -0.25) is 4.79 Å². The van der Waals surface area contributed by atoms with Gasteiger partial charge in [0.2, 0.25) is 5.91 Å².